The molecule has 4 aromatic carbocycles. The van der Waals surface area contributed by atoms with Gasteiger partial charge >= 0.3 is 0 Å². The molecule has 0 radical (unpaired) electrons. The molecule has 8 bridgehead atoms. The minimum absolute atomic E-state index is 0. The zero-order valence-electron chi connectivity index (χ0n) is 31.8. The Balaban J connectivity index is 0.00000455. The molecule has 2 aliphatic heterocycles. The highest BCUT2D eigenvalue weighted by Crippen LogP contribution is 2.46. The zero-order chi connectivity index (χ0) is 38.2. The number of fused-ring (bicyclic) bond motifs is 8. The molecule has 7 aromatic rings. The van der Waals surface area contributed by atoms with Crippen LogP contribution in [-0.2, 0) is 0 Å². The number of halogens is 1. The van der Waals surface area contributed by atoms with Crippen molar-refractivity contribution in [3.05, 3.63) is 156 Å². The molecule has 2 aliphatic rings. The summed E-state index contributed by atoms with van der Waals surface area (Å²) in [6, 6.07) is 43.1. The second-order valence-electron chi connectivity index (χ2n) is 13.5. The molecule has 0 amide bonds. The molecule has 0 spiro atoms. The third-order valence-corrected chi connectivity index (χ3v) is 10.2. The number of aromatic nitrogens is 4. The van der Waals surface area contributed by atoms with Crippen LogP contribution in [0.2, 0.25) is 0 Å². The minimum Gasteiger partial charge on any atom is -0.497 e. The molecular weight excluding hydrogens is 732 g/mol. The third kappa shape index (κ3) is 7.14. The van der Waals surface area contributed by atoms with E-state index in [1.807, 2.05) is 60.7 Å². The molecule has 0 fully saturated rings. The predicted molar refractivity (Wildman–Crippen MR) is 233 cm³/mol. The average molecular weight is 771 g/mol. The van der Waals surface area contributed by atoms with Crippen LogP contribution in [0.25, 0.3) is 79.2 Å². The predicted octanol–water partition coefficient (Wildman–Crippen LogP) is 11.5. The second kappa shape index (κ2) is 15.6. The third-order valence-electron chi connectivity index (χ3n) is 10.2. The van der Waals surface area contributed by atoms with Crippen LogP contribution in [0.3, 0.4) is 0 Å². The summed E-state index contributed by atoms with van der Waals surface area (Å²) in [7, 11) is 6.72. The SMILES string of the molecule is COc1ccc(C2=Cc3cc4ccc(cc5nc(cc6[nH]c(c(-c7ccc(OC)cc7)c2n3)c(-c2ccc(OC)cc2)c6-c2ccc(OC)cc2)C=C5)[nH]4)cc1.Cl. The van der Waals surface area contributed by atoms with Gasteiger partial charge in [0.2, 0.25) is 0 Å². The van der Waals surface area contributed by atoms with E-state index in [0.717, 1.165) is 112 Å². The minimum atomic E-state index is 0. The number of hydrogen-bond donors (Lipinski definition) is 2. The second-order valence-corrected chi connectivity index (χ2v) is 13.5. The van der Waals surface area contributed by atoms with Crippen LogP contribution in [0.4, 0.5) is 0 Å². The maximum Gasteiger partial charge on any atom is 0.118 e. The van der Waals surface area contributed by atoms with Crippen molar-refractivity contribution in [1.29, 1.82) is 0 Å². The maximum absolute atomic E-state index is 5.64. The quantitative estimate of drug-likeness (QED) is 0.160. The van der Waals surface area contributed by atoms with Gasteiger partial charge in [0.1, 0.15) is 23.0 Å². The Morgan fingerprint density at radius 2 is 0.860 bits per heavy atom. The van der Waals surface area contributed by atoms with Gasteiger partial charge in [-0.05, 0) is 119 Å². The van der Waals surface area contributed by atoms with Crippen molar-refractivity contribution < 1.29 is 18.9 Å². The topological polar surface area (TPSA) is 94.3 Å². The smallest absolute Gasteiger partial charge is 0.118 e. The van der Waals surface area contributed by atoms with E-state index in [1.54, 1.807) is 28.4 Å². The van der Waals surface area contributed by atoms with E-state index in [9.17, 15) is 0 Å². The lowest BCUT2D eigenvalue weighted by Gasteiger charge is -2.13. The molecule has 2 N–H and O–H groups in total. The number of rotatable bonds is 8. The van der Waals surface area contributed by atoms with E-state index in [0.29, 0.717) is 0 Å². The number of ether oxygens (including phenoxy) is 4. The van der Waals surface area contributed by atoms with E-state index in [4.69, 9.17) is 28.9 Å². The molecular formula is C48H39ClN4O4. The van der Waals surface area contributed by atoms with Crippen LogP contribution >= 0.6 is 12.4 Å². The van der Waals surface area contributed by atoms with Crippen molar-refractivity contribution in [2.24, 2.45) is 0 Å². The van der Waals surface area contributed by atoms with Gasteiger partial charge < -0.3 is 28.9 Å². The summed E-state index contributed by atoms with van der Waals surface area (Å²) in [6.45, 7) is 0. The molecule has 0 aliphatic carbocycles. The van der Waals surface area contributed by atoms with Gasteiger partial charge in [-0.3, -0.25) is 0 Å². The van der Waals surface area contributed by atoms with Crippen molar-refractivity contribution in [3.8, 4) is 56.4 Å². The summed E-state index contributed by atoms with van der Waals surface area (Å²) in [5.41, 5.74) is 14.8. The van der Waals surface area contributed by atoms with Crippen LogP contribution in [0.5, 0.6) is 23.0 Å². The molecule has 0 atom stereocenters. The monoisotopic (exact) mass is 770 g/mol. The molecule has 0 unspecified atom stereocenters. The highest BCUT2D eigenvalue weighted by atomic mass is 35.5. The fourth-order valence-electron chi connectivity index (χ4n) is 7.39. The lowest BCUT2D eigenvalue weighted by atomic mass is 9.91. The number of nitrogens with one attached hydrogen (secondary N) is 2. The summed E-state index contributed by atoms with van der Waals surface area (Å²) in [5, 5.41) is 0. The lowest BCUT2D eigenvalue weighted by molar-refractivity contribution is 0.414. The Morgan fingerprint density at radius 1 is 0.421 bits per heavy atom. The molecule has 57 heavy (non-hydrogen) atoms. The summed E-state index contributed by atoms with van der Waals surface area (Å²) < 4.78 is 22.4. The maximum atomic E-state index is 5.64. The van der Waals surface area contributed by atoms with E-state index < -0.39 is 0 Å². The molecule has 282 valence electrons. The van der Waals surface area contributed by atoms with E-state index in [-0.39, 0.29) is 12.4 Å². The molecule has 0 saturated heterocycles. The van der Waals surface area contributed by atoms with Crippen LogP contribution in [0.1, 0.15) is 28.3 Å². The van der Waals surface area contributed by atoms with Crippen LogP contribution in [0.15, 0.2) is 127 Å². The number of aromatic amines is 2. The first kappa shape index (κ1) is 36.9. The first-order valence-electron chi connectivity index (χ1n) is 18.3. The number of hydrogen-bond acceptors (Lipinski definition) is 6. The molecule has 5 heterocycles. The molecule has 0 saturated carbocycles. The Labute approximate surface area is 336 Å². The average Bonchev–Trinajstić information content (AvgIpc) is 4.06. The Bertz CT molecular complexity index is 2820. The van der Waals surface area contributed by atoms with Gasteiger partial charge in [0.05, 0.1) is 56.7 Å². The van der Waals surface area contributed by atoms with Crippen molar-refractivity contribution in [3.63, 3.8) is 0 Å². The molecule has 3 aromatic heterocycles. The van der Waals surface area contributed by atoms with E-state index in [2.05, 4.69) is 94.9 Å². The number of H-pyrrole nitrogens is 2. The lowest BCUT2D eigenvalue weighted by Crippen LogP contribution is -1.94. The van der Waals surface area contributed by atoms with Crippen molar-refractivity contribution in [2.75, 3.05) is 28.4 Å². The fourth-order valence-corrected chi connectivity index (χ4v) is 7.39. The van der Waals surface area contributed by atoms with Crippen LogP contribution < -0.4 is 18.9 Å². The Hall–Kier alpha value is -7.03. The van der Waals surface area contributed by atoms with Gasteiger partial charge in [-0.15, -0.1) is 12.4 Å². The Kier molecular flexibility index (Phi) is 10.1. The Morgan fingerprint density at radius 3 is 1.37 bits per heavy atom. The first-order chi connectivity index (χ1) is 27.5. The van der Waals surface area contributed by atoms with Gasteiger partial charge in [0.25, 0.3) is 0 Å². The van der Waals surface area contributed by atoms with Gasteiger partial charge in [-0.25, -0.2) is 9.97 Å². The fraction of sp³-hybridized carbons (Fsp3) is 0.0833. The van der Waals surface area contributed by atoms with Gasteiger partial charge in [0, 0.05) is 38.8 Å². The summed E-state index contributed by atoms with van der Waals surface area (Å²) in [5.74, 6) is 3.08. The van der Waals surface area contributed by atoms with Crippen molar-refractivity contribution in [1.82, 2.24) is 19.9 Å². The first-order valence-corrected chi connectivity index (χ1v) is 18.3. The zero-order valence-corrected chi connectivity index (χ0v) is 32.6. The molecule has 9 heteroatoms. The summed E-state index contributed by atoms with van der Waals surface area (Å²) >= 11 is 0. The highest BCUT2D eigenvalue weighted by Gasteiger charge is 2.25. The van der Waals surface area contributed by atoms with E-state index >= 15 is 0 Å². The van der Waals surface area contributed by atoms with Gasteiger partial charge in [0.15, 0.2) is 0 Å². The number of nitrogens with zero attached hydrogens (tertiary/aromatic N) is 2. The summed E-state index contributed by atoms with van der Waals surface area (Å²) in [6.07, 6.45) is 6.24. The van der Waals surface area contributed by atoms with Gasteiger partial charge in [-0.1, -0.05) is 48.5 Å². The number of benzene rings is 4. The molecule has 9 rings (SSSR count). The molecule has 8 nitrogen and oxygen atoms in total. The largest absolute Gasteiger partial charge is 0.497 e. The van der Waals surface area contributed by atoms with E-state index in [1.165, 1.54) is 0 Å². The van der Waals surface area contributed by atoms with Crippen LogP contribution in [0, 0.1) is 0 Å². The van der Waals surface area contributed by atoms with Gasteiger partial charge in [-0.2, -0.15) is 0 Å². The summed E-state index contributed by atoms with van der Waals surface area (Å²) in [4.78, 5) is 18.0. The standard InChI is InChI=1S/C48H38N4O4.ClH/c1-53-38-17-5-29(6-18-38)42-27-37-26-35-14-13-33(49-35)25-34-15-16-36(50-34)28-43-44(30-7-19-39(54-2)20-8-30)45(31-9-21-40(55-3)22-10-31)48(52-43)46(47(42)51-37)32-11-23-41(56-4)24-12-32;/h5-28,49,52H,1-4H3;1H. The normalized spacial score (nSPS) is 11.8. The number of methoxy groups -OCH3 is 4. The highest BCUT2D eigenvalue weighted by molar-refractivity contribution is 6.11. The van der Waals surface area contributed by atoms with Crippen molar-refractivity contribution in [2.45, 2.75) is 0 Å². The van der Waals surface area contributed by atoms with Crippen molar-refractivity contribution >= 4 is 58.3 Å². The van der Waals surface area contributed by atoms with Crippen LogP contribution in [-0.4, -0.2) is 48.4 Å².